The molecule has 1 aromatic heterocycles. The largest absolute Gasteiger partial charge is 0.345 e. The quantitative estimate of drug-likeness (QED) is 0.885. The molecule has 0 bridgehead atoms. The lowest BCUT2D eigenvalue weighted by Crippen LogP contribution is -2.45. The highest BCUT2D eigenvalue weighted by atomic mass is 16.2. The molecule has 1 saturated heterocycles. The lowest BCUT2D eigenvalue weighted by molar-refractivity contribution is 0.0708. The van der Waals surface area contributed by atoms with Crippen LogP contribution in [-0.4, -0.2) is 34.5 Å². The fraction of sp³-hybridized carbons (Fsp3) is 0.667. The lowest BCUT2D eigenvalue weighted by atomic mass is 10.1. The van der Waals surface area contributed by atoms with Gasteiger partial charge in [-0.1, -0.05) is 0 Å². The summed E-state index contributed by atoms with van der Waals surface area (Å²) in [5, 5.41) is 0. The van der Waals surface area contributed by atoms with Gasteiger partial charge in [0.25, 0.3) is 5.91 Å². The molecule has 19 heavy (non-hydrogen) atoms. The van der Waals surface area contributed by atoms with Crippen molar-refractivity contribution in [3.05, 3.63) is 23.0 Å². The lowest BCUT2D eigenvalue weighted by Gasteiger charge is -2.30. The van der Waals surface area contributed by atoms with Gasteiger partial charge in [-0.3, -0.25) is 4.79 Å². The molecule has 0 spiro atoms. The number of nitrogens with two attached hydrogens (primary N) is 1. The first-order valence-corrected chi connectivity index (χ1v) is 7.31. The second-order valence-corrected chi connectivity index (χ2v) is 6.04. The third kappa shape index (κ3) is 2.29. The molecule has 4 heteroatoms. The molecule has 1 atom stereocenters. The van der Waals surface area contributed by atoms with E-state index >= 15 is 0 Å². The third-order valence-corrected chi connectivity index (χ3v) is 4.37. The van der Waals surface area contributed by atoms with Crippen LogP contribution in [0.15, 0.2) is 6.07 Å². The van der Waals surface area contributed by atoms with Crippen LogP contribution in [0.2, 0.25) is 0 Å². The summed E-state index contributed by atoms with van der Waals surface area (Å²) in [6.07, 6.45) is 4.55. The smallest absolute Gasteiger partial charge is 0.255 e. The number of aryl methyl sites for hydroxylation is 1. The average molecular weight is 261 g/mol. The van der Waals surface area contributed by atoms with Crippen LogP contribution < -0.4 is 5.73 Å². The van der Waals surface area contributed by atoms with Crippen LogP contribution in [-0.2, 0) is 0 Å². The van der Waals surface area contributed by atoms with Crippen molar-refractivity contribution in [2.24, 2.45) is 5.73 Å². The van der Waals surface area contributed by atoms with E-state index in [0.717, 1.165) is 30.6 Å². The van der Waals surface area contributed by atoms with Gasteiger partial charge in [0, 0.05) is 36.6 Å². The predicted octanol–water partition coefficient (Wildman–Crippen LogP) is 2.00. The zero-order valence-electron chi connectivity index (χ0n) is 11.9. The highest BCUT2D eigenvalue weighted by Crippen LogP contribution is 2.38. The van der Waals surface area contributed by atoms with Crippen LogP contribution in [0.25, 0.3) is 0 Å². The minimum Gasteiger partial charge on any atom is -0.345 e. The Hall–Kier alpha value is -1.29. The maximum atomic E-state index is 12.6. The molecule has 1 aliphatic carbocycles. The number of aromatic nitrogens is 1. The zero-order valence-corrected chi connectivity index (χ0v) is 11.9. The first kappa shape index (κ1) is 12.7. The van der Waals surface area contributed by atoms with E-state index in [1.807, 2.05) is 4.90 Å². The number of nitrogens with zero attached hydrogens (tertiary/aromatic N) is 2. The summed E-state index contributed by atoms with van der Waals surface area (Å²) in [5.74, 6) is 0.162. The van der Waals surface area contributed by atoms with E-state index < -0.39 is 0 Å². The highest BCUT2D eigenvalue weighted by molar-refractivity contribution is 5.95. The Balaban J connectivity index is 1.85. The summed E-state index contributed by atoms with van der Waals surface area (Å²) in [5.41, 5.74) is 9.19. The fourth-order valence-electron chi connectivity index (χ4n) is 3.25. The van der Waals surface area contributed by atoms with E-state index in [4.69, 9.17) is 5.73 Å². The van der Waals surface area contributed by atoms with Crippen molar-refractivity contribution in [2.45, 2.75) is 51.6 Å². The molecule has 4 nitrogen and oxygen atoms in total. The van der Waals surface area contributed by atoms with Crippen molar-refractivity contribution in [3.63, 3.8) is 0 Å². The van der Waals surface area contributed by atoms with Gasteiger partial charge in [0.15, 0.2) is 0 Å². The molecule has 1 amide bonds. The van der Waals surface area contributed by atoms with E-state index in [9.17, 15) is 4.79 Å². The second kappa shape index (κ2) is 4.67. The van der Waals surface area contributed by atoms with E-state index in [-0.39, 0.29) is 11.9 Å². The summed E-state index contributed by atoms with van der Waals surface area (Å²) in [4.78, 5) is 14.6. The van der Waals surface area contributed by atoms with Gasteiger partial charge in [-0.25, -0.2) is 0 Å². The van der Waals surface area contributed by atoms with Gasteiger partial charge in [-0.05, 0) is 45.6 Å². The van der Waals surface area contributed by atoms with E-state index in [0.29, 0.717) is 12.6 Å². The molecule has 1 aliphatic heterocycles. The van der Waals surface area contributed by atoms with Crippen LogP contribution in [0.3, 0.4) is 0 Å². The number of amides is 1. The number of hydrogen-bond acceptors (Lipinski definition) is 2. The first-order chi connectivity index (χ1) is 9.08. The Morgan fingerprint density at radius 3 is 2.68 bits per heavy atom. The first-order valence-electron chi connectivity index (χ1n) is 7.31. The fourth-order valence-corrected chi connectivity index (χ4v) is 3.25. The van der Waals surface area contributed by atoms with Crippen molar-refractivity contribution < 1.29 is 4.79 Å². The van der Waals surface area contributed by atoms with E-state index in [1.165, 1.54) is 18.5 Å². The Morgan fingerprint density at radius 1 is 1.32 bits per heavy atom. The molecular weight excluding hydrogens is 238 g/mol. The molecule has 2 fully saturated rings. The predicted molar refractivity (Wildman–Crippen MR) is 75.3 cm³/mol. The Labute approximate surface area is 114 Å². The summed E-state index contributed by atoms with van der Waals surface area (Å²) < 4.78 is 2.33. The molecule has 3 rings (SSSR count). The minimum absolute atomic E-state index is 0.143. The van der Waals surface area contributed by atoms with Crippen LogP contribution in [0.5, 0.6) is 0 Å². The zero-order chi connectivity index (χ0) is 13.6. The standard InChI is InChI=1S/C15H23N3O/c1-10-8-14(11(2)18(10)13-5-6-13)15(19)17-7-3-4-12(16)9-17/h8,12-13H,3-7,9,16H2,1-2H3/t12-/m1/s1. The monoisotopic (exact) mass is 261 g/mol. The van der Waals surface area contributed by atoms with Gasteiger partial charge < -0.3 is 15.2 Å². The summed E-state index contributed by atoms with van der Waals surface area (Å²) in [6.45, 7) is 5.72. The Morgan fingerprint density at radius 2 is 2.05 bits per heavy atom. The summed E-state index contributed by atoms with van der Waals surface area (Å²) in [6, 6.07) is 2.82. The summed E-state index contributed by atoms with van der Waals surface area (Å²) in [7, 11) is 0. The van der Waals surface area contributed by atoms with Crippen molar-refractivity contribution in [1.82, 2.24) is 9.47 Å². The maximum absolute atomic E-state index is 12.6. The molecule has 0 unspecified atom stereocenters. The molecule has 0 aromatic carbocycles. The molecule has 2 N–H and O–H groups in total. The molecule has 0 radical (unpaired) electrons. The second-order valence-electron chi connectivity index (χ2n) is 6.04. The minimum atomic E-state index is 0.143. The highest BCUT2D eigenvalue weighted by Gasteiger charge is 2.30. The number of piperidine rings is 1. The van der Waals surface area contributed by atoms with Gasteiger partial charge in [0.05, 0.1) is 5.56 Å². The van der Waals surface area contributed by atoms with Crippen LogP contribution in [0.1, 0.15) is 53.5 Å². The van der Waals surface area contributed by atoms with Crippen molar-refractivity contribution in [2.75, 3.05) is 13.1 Å². The summed E-state index contributed by atoms with van der Waals surface area (Å²) >= 11 is 0. The SMILES string of the molecule is Cc1cc(C(=O)N2CCC[C@@H](N)C2)c(C)n1C1CC1. The van der Waals surface area contributed by atoms with Crippen molar-refractivity contribution >= 4 is 5.91 Å². The van der Waals surface area contributed by atoms with Crippen molar-refractivity contribution in [3.8, 4) is 0 Å². The molecule has 1 aromatic rings. The van der Waals surface area contributed by atoms with Crippen molar-refractivity contribution in [1.29, 1.82) is 0 Å². The van der Waals surface area contributed by atoms with Crippen LogP contribution in [0.4, 0.5) is 0 Å². The molecule has 1 saturated carbocycles. The number of carbonyl (C=O) groups excluding carboxylic acids is 1. The van der Waals surface area contributed by atoms with Crippen LogP contribution >= 0.6 is 0 Å². The average Bonchev–Trinajstić information content (AvgIpc) is 3.15. The maximum Gasteiger partial charge on any atom is 0.255 e. The van der Waals surface area contributed by atoms with E-state index in [1.54, 1.807) is 0 Å². The third-order valence-electron chi connectivity index (χ3n) is 4.37. The number of likely N-dealkylation sites (tertiary alicyclic amines) is 1. The van der Waals surface area contributed by atoms with Gasteiger partial charge in [-0.15, -0.1) is 0 Å². The van der Waals surface area contributed by atoms with Crippen LogP contribution in [0, 0.1) is 13.8 Å². The molecule has 104 valence electrons. The van der Waals surface area contributed by atoms with Gasteiger partial charge in [-0.2, -0.15) is 0 Å². The Kier molecular flexibility index (Phi) is 3.13. The normalized spacial score (nSPS) is 23.7. The number of carbonyl (C=O) groups is 1. The van der Waals surface area contributed by atoms with Gasteiger partial charge >= 0.3 is 0 Å². The number of rotatable bonds is 2. The number of hydrogen-bond donors (Lipinski definition) is 1. The van der Waals surface area contributed by atoms with E-state index in [2.05, 4.69) is 24.5 Å². The molecular formula is C15H23N3O. The van der Waals surface area contributed by atoms with Gasteiger partial charge in [0.1, 0.15) is 0 Å². The molecule has 2 aliphatic rings. The van der Waals surface area contributed by atoms with Gasteiger partial charge in [0.2, 0.25) is 0 Å². The molecule has 2 heterocycles. The topological polar surface area (TPSA) is 51.3 Å². The Bertz CT molecular complexity index is 502.